The lowest BCUT2D eigenvalue weighted by molar-refractivity contribution is -0.128. The molecular formula is C19H24F2N4O4. The van der Waals surface area contributed by atoms with Gasteiger partial charge in [0, 0.05) is 17.8 Å². The van der Waals surface area contributed by atoms with Crippen LogP contribution >= 0.6 is 0 Å². The maximum Gasteiger partial charge on any atom is 0.265 e. The molecule has 1 heterocycles. The van der Waals surface area contributed by atoms with Crippen LogP contribution in [0.4, 0.5) is 20.2 Å². The number of rotatable bonds is 8. The van der Waals surface area contributed by atoms with Crippen LogP contribution in [0.1, 0.15) is 31.3 Å². The molecule has 2 aliphatic rings. The summed E-state index contributed by atoms with van der Waals surface area (Å²) < 4.78 is 32.2. The Morgan fingerprint density at radius 2 is 2.07 bits per heavy atom. The molecule has 1 atom stereocenters. The van der Waals surface area contributed by atoms with E-state index in [1.54, 1.807) is 0 Å². The molecule has 1 aliphatic heterocycles. The summed E-state index contributed by atoms with van der Waals surface area (Å²) in [6.07, 6.45) is 0.314. The van der Waals surface area contributed by atoms with Gasteiger partial charge in [-0.15, -0.1) is 0 Å². The fraction of sp³-hybridized carbons (Fsp3) is 0.526. The zero-order chi connectivity index (χ0) is 21.0. The SMILES string of the molecule is NC(=O)[C@@H](NCC1CCC1)C(=O)Nc1ccc(N2CCOCC2=O)c(C(F)F)c1. The van der Waals surface area contributed by atoms with Gasteiger partial charge in [0.1, 0.15) is 6.61 Å². The number of ether oxygens (including phenoxy) is 1. The number of nitrogens with zero attached hydrogens (tertiary/aromatic N) is 1. The Kier molecular flexibility index (Phi) is 6.75. The lowest BCUT2D eigenvalue weighted by Gasteiger charge is -2.29. The first kappa shape index (κ1) is 21.1. The number of alkyl halides is 2. The van der Waals surface area contributed by atoms with Crippen LogP contribution in [-0.4, -0.2) is 50.1 Å². The summed E-state index contributed by atoms with van der Waals surface area (Å²) in [7, 11) is 0. The number of carbonyl (C=O) groups is 3. The second-order valence-corrected chi connectivity index (χ2v) is 7.20. The van der Waals surface area contributed by atoms with Gasteiger partial charge in [0.05, 0.1) is 12.3 Å². The fourth-order valence-electron chi connectivity index (χ4n) is 3.34. The number of nitrogens with two attached hydrogens (primary N) is 1. The maximum atomic E-state index is 13.6. The number of anilines is 2. The Morgan fingerprint density at radius 3 is 2.66 bits per heavy atom. The Morgan fingerprint density at radius 1 is 1.31 bits per heavy atom. The summed E-state index contributed by atoms with van der Waals surface area (Å²) in [5.74, 6) is -1.57. The predicted molar refractivity (Wildman–Crippen MR) is 102 cm³/mol. The van der Waals surface area contributed by atoms with Crippen molar-refractivity contribution in [2.75, 3.05) is 36.5 Å². The molecule has 1 aromatic rings. The molecule has 158 valence electrons. The van der Waals surface area contributed by atoms with E-state index in [0.717, 1.165) is 25.3 Å². The topological polar surface area (TPSA) is 114 Å². The summed E-state index contributed by atoms with van der Waals surface area (Å²) in [5.41, 5.74) is 5.08. The highest BCUT2D eigenvalue weighted by Gasteiger charge is 2.28. The van der Waals surface area contributed by atoms with E-state index in [2.05, 4.69) is 10.6 Å². The Labute approximate surface area is 166 Å². The molecule has 1 aliphatic carbocycles. The number of nitrogens with one attached hydrogen (secondary N) is 2. The normalized spacial score (nSPS) is 18.4. The van der Waals surface area contributed by atoms with Gasteiger partial charge in [-0.05, 0) is 43.5 Å². The second kappa shape index (κ2) is 9.27. The number of amides is 3. The quantitative estimate of drug-likeness (QED) is 0.557. The zero-order valence-corrected chi connectivity index (χ0v) is 15.8. The smallest absolute Gasteiger partial charge is 0.265 e. The van der Waals surface area contributed by atoms with Gasteiger partial charge in [0.25, 0.3) is 18.2 Å². The van der Waals surface area contributed by atoms with E-state index in [4.69, 9.17) is 10.5 Å². The molecule has 8 nitrogen and oxygen atoms in total. The Balaban J connectivity index is 1.73. The molecule has 0 unspecified atom stereocenters. The molecular weight excluding hydrogens is 386 g/mol. The number of hydrogen-bond acceptors (Lipinski definition) is 5. The Hall–Kier alpha value is -2.59. The number of carbonyl (C=O) groups excluding carboxylic acids is 3. The molecule has 1 saturated carbocycles. The van der Waals surface area contributed by atoms with Crippen molar-refractivity contribution in [3.05, 3.63) is 23.8 Å². The van der Waals surface area contributed by atoms with Crippen LogP contribution in [0.2, 0.25) is 0 Å². The molecule has 4 N–H and O–H groups in total. The lowest BCUT2D eigenvalue weighted by atomic mass is 9.85. The van der Waals surface area contributed by atoms with Crippen molar-refractivity contribution in [2.24, 2.45) is 11.7 Å². The van der Waals surface area contributed by atoms with Crippen LogP contribution in [0, 0.1) is 5.92 Å². The van der Waals surface area contributed by atoms with Crippen LogP contribution in [0.25, 0.3) is 0 Å². The number of benzene rings is 1. The lowest BCUT2D eigenvalue weighted by Crippen LogP contribution is -2.51. The van der Waals surface area contributed by atoms with Crippen molar-refractivity contribution >= 4 is 29.1 Å². The third-order valence-corrected chi connectivity index (χ3v) is 5.19. The second-order valence-electron chi connectivity index (χ2n) is 7.20. The molecule has 10 heteroatoms. The molecule has 3 amide bonds. The highest BCUT2D eigenvalue weighted by molar-refractivity contribution is 6.09. The van der Waals surface area contributed by atoms with Gasteiger partial charge >= 0.3 is 0 Å². The molecule has 0 aromatic heterocycles. The van der Waals surface area contributed by atoms with Crippen molar-refractivity contribution in [2.45, 2.75) is 31.7 Å². The number of halogens is 2. The van der Waals surface area contributed by atoms with Crippen LogP contribution < -0.4 is 21.3 Å². The van der Waals surface area contributed by atoms with Gasteiger partial charge in [-0.1, -0.05) is 6.42 Å². The molecule has 3 rings (SSSR count). The van der Waals surface area contributed by atoms with Gasteiger partial charge < -0.3 is 20.7 Å². The molecule has 0 bridgehead atoms. The van der Waals surface area contributed by atoms with Crippen molar-refractivity contribution < 1.29 is 27.9 Å². The van der Waals surface area contributed by atoms with Crippen LogP contribution in [0.3, 0.4) is 0 Å². The summed E-state index contributed by atoms with van der Waals surface area (Å²) >= 11 is 0. The summed E-state index contributed by atoms with van der Waals surface area (Å²) in [4.78, 5) is 37.3. The highest BCUT2D eigenvalue weighted by atomic mass is 19.3. The molecule has 29 heavy (non-hydrogen) atoms. The third kappa shape index (κ3) is 5.07. The van der Waals surface area contributed by atoms with E-state index in [1.807, 2.05) is 0 Å². The third-order valence-electron chi connectivity index (χ3n) is 5.19. The highest BCUT2D eigenvalue weighted by Crippen LogP contribution is 2.33. The average Bonchev–Trinajstić information content (AvgIpc) is 2.63. The molecule has 1 aromatic carbocycles. The van der Waals surface area contributed by atoms with Crippen molar-refractivity contribution in [3.63, 3.8) is 0 Å². The molecule has 1 saturated heterocycles. The molecule has 0 spiro atoms. The van der Waals surface area contributed by atoms with Gasteiger partial charge in [-0.2, -0.15) is 0 Å². The first-order chi connectivity index (χ1) is 13.9. The molecule has 0 radical (unpaired) electrons. The maximum absolute atomic E-state index is 13.6. The van der Waals surface area contributed by atoms with Gasteiger partial charge in [0.2, 0.25) is 5.91 Å². The first-order valence-electron chi connectivity index (χ1n) is 9.50. The number of morpholine rings is 1. The monoisotopic (exact) mass is 410 g/mol. The summed E-state index contributed by atoms with van der Waals surface area (Å²) in [6, 6.07) is 2.60. The van der Waals surface area contributed by atoms with E-state index < -0.39 is 35.8 Å². The minimum Gasteiger partial charge on any atom is -0.370 e. The van der Waals surface area contributed by atoms with Crippen LogP contribution in [0.5, 0.6) is 0 Å². The van der Waals surface area contributed by atoms with Gasteiger partial charge in [-0.25, -0.2) is 8.78 Å². The fourth-order valence-corrected chi connectivity index (χ4v) is 3.34. The van der Waals surface area contributed by atoms with Crippen molar-refractivity contribution in [1.82, 2.24) is 5.32 Å². The number of hydrogen-bond donors (Lipinski definition) is 3. The van der Waals surface area contributed by atoms with Crippen LogP contribution in [0.15, 0.2) is 18.2 Å². The summed E-state index contributed by atoms with van der Waals surface area (Å²) in [5, 5.41) is 5.30. The average molecular weight is 410 g/mol. The number of primary amides is 1. The Bertz CT molecular complexity index is 785. The van der Waals surface area contributed by atoms with Crippen molar-refractivity contribution in [3.8, 4) is 0 Å². The first-order valence-corrected chi connectivity index (χ1v) is 9.50. The van der Waals surface area contributed by atoms with Crippen molar-refractivity contribution in [1.29, 1.82) is 0 Å². The standard InChI is InChI=1S/C19H24F2N4O4/c20-17(21)13-8-12(4-5-14(13)25-6-7-29-10-15(25)26)24-19(28)16(18(22)27)23-9-11-2-1-3-11/h4-5,8,11,16-17,23H,1-3,6-7,9-10H2,(H2,22,27)(H,24,28)/t16-/m1/s1. The predicted octanol–water partition coefficient (Wildman–Crippen LogP) is 1.17. The largest absolute Gasteiger partial charge is 0.370 e. The van der Waals surface area contributed by atoms with E-state index in [0.29, 0.717) is 12.5 Å². The molecule has 2 fully saturated rings. The van der Waals surface area contributed by atoms with Gasteiger partial charge in [0.15, 0.2) is 6.04 Å². The van der Waals surface area contributed by atoms with E-state index >= 15 is 0 Å². The minimum atomic E-state index is -2.86. The van der Waals surface area contributed by atoms with Gasteiger partial charge in [-0.3, -0.25) is 19.7 Å². The van der Waals surface area contributed by atoms with E-state index in [9.17, 15) is 23.2 Å². The zero-order valence-electron chi connectivity index (χ0n) is 15.8. The van der Waals surface area contributed by atoms with E-state index in [1.165, 1.54) is 17.0 Å². The van der Waals surface area contributed by atoms with E-state index in [-0.39, 0.29) is 31.1 Å². The minimum absolute atomic E-state index is 0.0702. The van der Waals surface area contributed by atoms with Crippen LogP contribution in [-0.2, 0) is 19.1 Å². The summed E-state index contributed by atoms with van der Waals surface area (Å²) in [6.45, 7) is 0.731.